The number of rotatable bonds is 3. The molecule has 0 radical (unpaired) electrons. The summed E-state index contributed by atoms with van der Waals surface area (Å²) >= 11 is 11.6. The maximum absolute atomic E-state index is 13.5. The minimum atomic E-state index is -1.69. The van der Waals surface area contributed by atoms with Gasteiger partial charge in [0.15, 0.2) is 17.5 Å². The Bertz CT molecular complexity index is 707. The summed E-state index contributed by atoms with van der Waals surface area (Å²) in [6, 6.07) is 6.21. The maximum atomic E-state index is 13.5. The van der Waals surface area contributed by atoms with E-state index in [9.17, 15) is 18.0 Å². The zero-order valence-corrected chi connectivity index (χ0v) is 11.9. The highest BCUT2D eigenvalue weighted by Gasteiger charge is 2.18. The van der Waals surface area contributed by atoms with Crippen LogP contribution in [0.25, 0.3) is 0 Å². The van der Waals surface area contributed by atoms with E-state index in [2.05, 4.69) is 5.32 Å². The lowest BCUT2D eigenvalue weighted by molar-refractivity contribution is 0.0945. The molecule has 0 fully saturated rings. The van der Waals surface area contributed by atoms with Gasteiger partial charge in [-0.2, -0.15) is 0 Å². The molecule has 0 saturated heterocycles. The summed E-state index contributed by atoms with van der Waals surface area (Å²) in [7, 11) is 0. The molecule has 7 heteroatoms. The van der Waals surface area contributed by atoms with Gasteiger partial charge in [0.1, 0.15) is 0 Å². The zero-order chi connectivity index (χ0) is 15.6. The van der Waals surface area contributed by atoms with Crippen LogP contribution in [0.3, 0.4) is 0 Å². The Labute approximate surface area is 128 Å². The highest BCUT2D eigenvalue weighted by molar-refractivity contribution is 6.35. The fraction of sp³-hybridized carbons (Fsp3) is 0.0714. The van der Waals surface area contributed by atoms with Crippen LogP contribution in [-0.4, -0.2) is 5.91 Å². The van der Waals surface area contributed by atoms with Gasteiger partial charge in [-0.25, -0.2) is 13.2 Å². The van der Waals surface area contributed by atoms with Crippen molar-refractivity contribution in [2.24, 2.45) is 0 Å². The van der Waals surface area contributed by atoms with Crippen LogP contribution >= 0.6 is 23.2 Å². The second-order valence-electron chi connectivity index (χ2n) is 4.14. The Morgan fingerprint density at radius 3 is 2.43 bits per heavy atom. The Morgan fingerprint density at radius 2 is 1.76 bits per heavy atom. The van der Waals surface area contributed by atoms with Crippen LogP contribution in [0.15, 0.2) is 30.3 Å². The van der Waals surface area contributed by atoms with Gasteiger partial charge in [0.25, 0.3) is 5.91 Å². The van der Waals surface area contributed by atoms with Gasteiger partial charge in [-0.3, -0.25) is 4.79 Å². The van der Waals surface area contributed by atoms with Gasteiger partial charge in [-0.15, -0.1) is 0 Å². The molecule has 0 spiro atoms. The third kappa shape index (κ3) is 3.49. The Balaban J connectivity index is 2.14. The first kappa shape index (κ1) is 15.7. The molecule has 1 amide bonds. The van der Waals surface area contributed by atoms with E-state index in [0.29, 0.717) is 21.7 Å². The van der Waals surface area contributed by atoms with E-state index in [1.54, 1.807) is 12.1 Å². The molecule has 0 aliphatic rings. The maximum Gasteiger partial charge on any atom is 0.254 e. The van der Waals surface area contributed by atoms with Gasteiger partial charge in [-0.1, -0.05) is 29.3 Å². The zero-order valence-electron chi connectivity index (χ0n) is 10.4. The van der Waals surface area contributed by atoms with Crippen molar-refractivity contribution < 1.29 is 18.0 Å². The van der Waals surface area contributed by atoms with E-state index in [0.717, 1.165) is 6.07 Å². The number of halogens is 5. The van der Waals surface area contributed by atoms with Crippen molar-refractivity contribution in [1.29, 1.82) is 0 Å². The molecule has 0 heterocycles. The van der Waals surface area contributed by atoms with Gasteiger partial charge in [-0.05, 0) is 29.8 Å². The van der Waals surface area contributed by atoms with Gasteiger partial charge in [0.2, 0.25) is 0 Å². The lowest BCUT2D eigenvalue weighted by Gasteiger charge is -2.08. The second-order valence-corrected chi connectivity index (χ2v) is 4.98. The highest BCUT2D eigenvalue weighted by atomic mass is 35.5. The van der Waals surface area contributed by atoms with Crippen molar-refractivity contribution in [2.75, 3.05) is 0 Å². The molecule has 2 rings (SSSR count). The first-order valence-electron chi connectivity index (χ1n) is 5.75. The van der Waals surface area contributed by atoms with E-state index in [1.165, 1.54) is 6.07 Å². The summed E-state index contributed by atoms with van der Waals surface area (Å²) in [6.07, 6.45) is 0. The van der Waals surface area contributed by atoms with E-state index in [1.807, 2.05) is 0 Å². The molecule has 0 aliphatic carbocycles. The number of hydrogen-bond acceptors (Lipinski definition) is 1. The van der Waals surface area contributed by atoms with E-state index in [4.69, 9.17) is 23.2 Å². The number of benzene rings is 2. The smallest absolute Gasteiger partial charge is 0.254 e. The molecule has 1 N–H and O–H groups in total. The molecular weight excluding hydrogens is 326 g/mol. The second kappa shape index (κ2) is 6.37. The molecule has 110 valence electrons. The van der Waals surface area contributed by atoms with Gasteiger partial charge in [0.05, 0.1) is 5.56 Å². The van der Waals surface area contributed by atoms with Crippen molar-refractivity contribution in [1.82, 2.24) is 5.32 Å². The van der Waals surface area contributed by atoms with E-state index >= 15 is 0 Å². The Morgan fingerprint density at radius 1 is 1.05 bits per heavy atom. The monoisotopic (exact) mass is 333 g/mol. The fourth-order valence-electron chi connectivity index (χ4n) is 1.64. The molecular formula is C14H8Cl2F3NO. The Hall–Kier alpha value is -1.72. The summed E-state index contributed by atoms with van der Waals surface area (Å²) in [4.78, 5) is 11.8. The lowest BCUT2D eigenvalue weighted by atomic mass is 10.1. The molecule has 0 bridgehead atoms. The number of carbonyl (C=O) groups excluding carboxylic acids is 1. The quantitative estimate of drug-likeness (QED) is 0.831. The predicted octanol–water partition coefficient (Wildman–Crippen LogP) is 4.34. The third-order valence-electron chi connectivity index (χ3n) is 2.73. The molecule has 0 atom stereocenters. The summed E-state index contributed by atoms with van der Waals surface area (Å²) in [5.74, 6) is -5.45. The van der Waals surface area contributed by atoms with Crippen LogP contribution in [-0.2, 0) is 6.54 Å². The van der Waals surface area contributed by atoms with Crippen molar-refractivity contribution in [2.45, 2.75) is 6.54 Å². The van der Waals surface area contributed by atoms with Gasteiger partial charge < -0.3 is 5.32 Å². The molecule has 2 nitrogen and oxygen atoms in total. The normalized spacial score (nSPS) is 10.5. The van der Waals surface area contributed by atoms with E-state index < -0.39 is 28.9 Å². The molecule has 0 aromatic heterocycles. The van der Waals surface area contributed by atoms with Crippen LogP contribution in [0.5, 0.6) is 0 Å². The predicted molar refractivity (Wildman–Crippen MR) is 73.9 cm³/mol. The first-order valence-corrected chi connectivity index (χ1v) is 6.51. The summed E-state index contributed by atoms with van der Waals surface area (Å²) in [5, 5.41) is 3.13. The SMILES string of the molecule is O=C(NCc1ccc(Cl)cc1Cl)c1ccc(F)c(F)c1F. The minimum Gasteiger partial charge on any atom is -0.348 e. The van der Waals surface area contributed by atoms with Crippen molar-refractivity contribution in [3.8, 4) is 0 Å². The van der Waals surface area contributed by atoms with Crippen LogP contribution < -0.4 is 5.32 Å². The van der Waals surface area contributed by atoms with Gasteiger partial charge in [0, 0.05) is 16.6 Å². The molecule has 0 saturated carbocycles. The van der Waals surface area contributed by atoms with Gasteiger partial charge >= 0.3 is 0 Å². The van der Waals surface area contributed by atoms with Crippen LogP contribution in [0.1, 0.15) is 15.9 Å². The summed E-state index contributed by atoms with van der Waals surface area (Å²) in [5.41, 5.74) is -0.0311. The fourth-order valence-corrected chi connectivity index (χ4v) is 2.11. The van der Waals surface area contributed by atoms with Crippen LogP contribution in [0.2, 0.25) is 10.0 Å². The molecule has 0 aliphatic heterocycles. The Kier molecular flexibility index (Phi) is 4.75. The average Bonchev–Trinajstić information content (AvgIpc) is 2.43. The topological polar surface area (TPSA) is 29.1 Å². The first-order chi connectivity index (χ1) is 9.90. The summed E-state index contributed by atoms with van der Waals surface area (Å²) in [6.45, 7) is -0.00668. The number of carbonyl (C=O) groups is 1. The molecule has 2 aromatic rings. The van der Waals surface area contributed by atoms with Crippen molar-refractivity contribution >= 4 is 29.1 Å². The number of hydrogen-bond donors (Lipinski definition) is 1. The highest BCUT2D eigenvalue weighted by Crippen LogP contribution is 2.21. The minimum absolute atomic E-state index is 0.00668. The molecule has 2 aromatic carbocycles. The van der Waals surface area contributed by atoms with Crippen molar-refractivity contribution in [3.63, 3.8) is 0 Å². The van der Waals surface area contributed by atoms with Crippen LogP contribution in [0.4, 0.5) is 13.2 Å². The third-order valence-corrected chi connectivity index (χ3v) is 3.32. The lowest BCUT2D eigenvalue weighted by Crippen LogP contribution is -2.24. The van der Waals surface area contributed by atoms with Crippen LogP contribution in [0, 0.1) is 17.5 Å². The number of amides is 1. The standard InChI is InChI=1S/C14H8Cl2F3NO/c15-8-2-1-7(10(16)5-8)6-20-14(21)9-3-4-11(17)13(19)12(9)18/h1-5H,6H2,(H,20,21). The molecule has 21 heavy (non-hydrogen) atoms. The average molecular weight is 334 g/mol. The molecule has 0 unspecified atom stereocenters. The van der Waals surface area contributed by atoms with E-state index in [-0.39, 0.29) is 6.54 Å². The number of nitrogens with one attached hydrogen (secondary N) is 1. The largest absolute Gasteiger partial charge is 0.348 e. The van der Waals surface area contributed by atoms with Crippen molar-refractivity contribution in [3.05, 3.63) is 69.0 Å². The summed E-state index contributed by atoms with van der Waals surface area (Å²) < 4.78 is 39.3.